The van der Waals surface area contributed by atoms with Gasteiger partial charge in [-0.25, -0.2) is 4.99 Å². The minimum Gasteiger partial charge on any atom is -0.341 e. The first-order chi connectivity index (χ1) is 10.6. The summed E-state index contributed by atoms with van der Waals surface area (Å²) in [4.78, 5) is 15.8. The van der Waals surface area contributed by atoms with Crippen molar-refractivity contribution >= 4 is 27.8 Å². The lowest BCUT2D eigenvalue weighted by atomic mass is 9.83. The molecule has 0 saturated carbocycles. The van der Waals surface area contributed by atoms with E-state index in [-0.39, 0.29) is 5.91 Å². The van der Waals surface area contributed by atoms with Crippen molar-refractivity contribution in [3.63, 3.8) is 0 Å². The molecule has 1 heterocycles. The Bertz CT molecular complexity index is 730. The highest BCUT2D eigenvalue weighted by molar-refractivity contribution is 9.10. The van der Waals surface area contributed by atoms with Crippen LogP contribution in [-0.4, -0.2) is 18.4 Å². The molecule has 1 amide bonds. The molecule has 1 aliphatic rings. The fraction of sp³-hybridized carbons (Fsp3) is 0.176. The number of hydrogen-bond donors (Lipinski definition) is 2. The zero-order chi connectivity index (χ0) is 15.6. The van der Waals surface area contributed by atoms with Crippen LogP contribution in [-0.2, 0) is 10.3 Å². The fourth-order valence-corrected chi connectivity index (χ4v) is 3.09. The summed E-state index contributed by atoms with van der Waals surface area (Å²) in [5.74, 6) is 0.376. The van der Waals surface area contributed by atoms with Crippen molar-refractivity contribution < 1.29 is 4.79 Å². The van der Waals surface area contributed by atoms with Gasteiger partial charge in [0.2, 0.25) is 5.91 Å². The van der Waals surface area contributed by atoms with E-state index in [9.17, 15) is 4.79 Å². The number of nitrogens with one attached hydrogen (secondary N) is 2. The third kappa shape index (κ3) is 2.76. The molecule has 2 aromatic rings. The first-order valence-electron chi connectivity index (χ1n) is 7.02. The lowest BCUT2D eigenvalue weighted by Crippen LogP contribution is -2.48. The Morgan fingerprint density at radius 3 is 2.59 bits per heavy atom. The standard InChI is InChI=1S/C17H16BrN3O/c1-12(22)20-16-19-11-17(21-16,13-6-3-2-4-7-13)14-8-5-9-15(18)10-14/h2-10H,11H2,1H3,(H2,19,20,21,22). The Labute approximate surface area is 137 Å². The molecule has 1 aliphatic heterocycles. The highest BCUT2D eigenvalue weighted by Gasteiger charge is 2.39. The second-order valence-electron chi connectivity index (χ2n) is 5.25. The van der Waals surface area contributed by atoms with Crippen molar-refractivity contribution in [2.75, 3.05) is 6.54 Å². The Kier molecular flexibility index (Phi) is 3.98. The summed E-state index contributed by atoms with van der Waals surface area (Å²) in [5, 5.41) is 6.13. The minimum absolute atomic E-state index is 0.135. The van der Waals surface area contributed by atoms with Crippen LogP contribution in [0.2, 0.25) is 0 Å². The summed E-state index contributed by atoms with van der Waals surface area (Å²) in [5.41, 5.74) is 1.73. The largest absolute Gasteiger partial charge is 0.341 e. The molecular weight excluding hydrogens is 342 g/mol. The van der Waals surface area contributed by atoms with Crippen LogP contribution in [0.5, 0.6) is 0 Å². The smallest absolute Gasteiger partial charge is 0.223 e. The van der Waals surface area contributed by atoms with E-state index in [0.29, 0.717) is 12.5 Å². The van der Waals surface area contributed by atoms with Crippen LogP contribution in [0, 0.1) is 0 Å². The van der Waals surface area contributed by atoms with Crippen LogP contribution >= 0.6 is 15.9 Å². The number of hydrogen-bond acceptors (Lipinski definition) is 3. The Balaban J connectivity index is 2.04. The van der Waals surface area contributed by atoms with Gasteiger partial charge in [0.25, 0.3) is 0 Å². The van der Waals surface area contributed by atoms with E-state index in [2.05, 4.69) is 55.8 Å². The molecule has 4 nitrogen and oxygen atoms in total. The van der Waals surface area contributed by atoms with Crippen molar-refractivity contribution in [1.82, 2.24) is 10.6 Å². The molecule has 22 heavy (non-hydrogen) atoms. The Morgan fingerprint density at radius 1 is 1.18 bits per heavy atom. The van der Waals surface area contributed by atoms with E-state index in [1.54, 1.807) is 0 Å². The normalized spacial score (nSPS) is 20.2. The quantitative estimate of drug-likeness (QED) is 0.868. The number of halogens is 1. The number of nitrogens with zero attached hydrogens (tertiary/aromatic N) is 1. The number of benzene rings is 2. The molecule has 2 aromatic carbocycles. The van der Waals surface area contributed by atoms with Crippen molar-refractivity contribution in [3.05, 3.63) is 70.2 Å². The predicted molar refractivity (Wildman–Crippen MR) is 90.6 cm³/mol. The maximum Gasteiger partial charge on any atom is 0.223 e. The van der Waals surface area contributed by atoms with Crippen LogP contribution < -0.4 is 10.6 Å². The minimum atomic E-state index is -0.469. The maximum absolute atomic E-state index is 11.3. The molecule has 0 spiro atoms. The zero-order valence-electron chi connectivity index (χ0n) is 12.1. The second kappa shape index (κ2) is 5.93. The number of aliphatic imine (C=N–C) groups is 1. The van der Waals surface area contributed by atoms with Gasteiger partial charge in [0, 0.05) is 11.4 Å². The zero-order valence-corrected chi connectivity index (χ0v) is 13.7. The molecule has 5 heteroatoms. The van der Waals surface area contributed by atoms with Gasteiger partial charge in [0.05, 0.1) is 6.54 Å². The summed E-state index contributed by atoms with van der Waals surface area (Å²) in [6.07, 6.45) is 0. The SMILES string of the molecule is CC(=O)NC1=NCC(c2ccccc2)(c2cccc(Br)c2)N1. The number of amides is 1. The average molecular weight is 358 g/mol. The number of carbonyl (C=O) groups excluding carboxylic acids is 1. The van der Waals surface area contributed by atoms with Gasteiger partial charge in [-0.3, -0.25) is 10.1 Å². The molecule has 2 N–H and O–H groups in total. The van der Waals surface area contributed by atoms with Gasteiger partial charge in [-0.15, -0.1) is 0 Å². The van der Waals surface area contributed by atoms with Crippen LogP contribution in [0.25, 0.3) is 0 Å². The molecule has 3 rings (SSSR count). The number of guanidine groups is 1. The summed E-state index contributed by atoms with van der Waals surface area (Å²) in [6, 6.07) is 18.3. The van der Waals surface area contributed by atoms with Gasteiger partial charge in [0.1, 0.15) is 5.54 Å². The summed E-state index contributed by atoms with van der Waals surface area (Å²) < 4.78 is 1.01. The first kappa shape index (κ1) is 14.8. The van der Waals surface area contributed by atoms with Crippen molar-refractivity contribution in [2.45, 2.75) is 12.5 Å². The maximum atomic E-state index is 11.3. The van der Waals surface area contributed by atoms with E-state index >= 15 is 0 Å². The van der Waals surface area contributed by atoms with Crippen molar-refractivity contribution in [1.29, 1.82) is 0 Å². The third-order valence-corrected chi connectivity index (χ3v) is 4.18. The molecule has 0 aliphatic carbocycles. The topological polar surface area (TPSA) is 53.5 Å². The van der Waals surface area contributed by atoms with Gasteiger partial charge in [0.15, 0.2) is 5.96 Å². The van der Waals surface area contributed by atoms with Crippen molar-refractivity contribution in [2.24, 2.45) is 4.99 Å². The first-order valence-corrected chi connectivity index (χ1v) is 7.81. The molecule has 1 atom stereocenters. The van der Waals surface area contributed by atoms with E-state index < -0.39 is 5.54 Å². The van der Waals surface area contributed by atoms with E-state index in [0.717, 1.165) is 15.6 Å². The average Bonchev–Trinajstić information content (AvgIpc) is 2.92. The highest BCUT2D eigenvalue weighted by atomic mass is 79.9. The molecule has 0 bridgehead atoms. The van der Waals surface area contributed by atoms with E-state index in [4.69, 9.17) is 0 Å². The fourth-order valence-electron chi connectivity index (χ4n) is 2.69. The van der Waals surface area contributed by atoms with E-state index in [1.807, 2.05) is 30.3 Å². The van der Waals surface area contributed by atoms with Gasteiger partial charge in [-0.2, -0.15) is 0 Å². The van der Waals surface area contributed by atoms with Gasteiger partial charge in [-0.1, -0.05) is 58.4 Å². The third-order valence-electron chi connectivity index (χ3n) is 3.68. The lowest BCUT2D eigenvalue weighted by molar-refractivity contribution is -0.117. The second-order valence-corrected chi connectivity index (χ2v) is 6.17. The summed E-state index contributed by atoms with van der Waals surface area (Å²) >= 11 is 3.53. The summed E-state index contributed by atoms with van der Waals surface area (Å²) in [6.45, 7) is 2.01. The van der Waals surface area contributed by atoms with Crippen LogP contribution in [0.15, 0.2) is 64.1 Å². The van der Waals surface area contributed by atoms with Crippen LogP contribution in [0.1, 0.15) is 18.1 Å². The molecule has 112 valence electrons. The number of carbonyl (C=O) groups is 1. The number of rotatable bonds is 2. The molecule has 0 radical (unpaired) electrons. The molecule has 1 unspecified atom stereocenters. The van der Waals surface area contributed by atoms with Crippen molar-refractivity contribution in [3.8, 4) is 0 Å². The monoisotopic (exact) mass is 357 g/mol. The van der Waals surface area contributed by atoms with Crippen LogP contribution in [0.4, 0.5) is 0 Å². The lowest BCUT2D eigenvalue weighted by Gasteiger charge is -2.31. The van der Waals surface area contributed by atoms with E-state index in [1.165, 1.54) is 6.92 Å². The molecule has 0 aromatic heterocycles. The predicted octanol–water partition coefficient (Wildman–Crippen LogP) is 2.79. The van der Waals surface area contributed by atoms with Crippen LogP contribution in [0.3, 0.4) is 0 Å². The highest BCUT2D eigenvalue weighted by Crippen LogP contribution is 2.33. The molecule has 0 fully saturated rings. The summed E-state index contributed by atoms with van der Waals surface area (Å²) in [7, 11) is 0. The van der Waals surface area contributed by atoms with Gasteiger partial charge < -0.3 is 5.32 Å². The Hall–Kier alpha value is -2.14. The molecular formula is C17H16BrN3O. The van der Waals surface area contributed by atoms with Gasteiger partial charge >= 0.3 is 0 Å². The Morgan fingerprint density at radius 2 is 1.91 bits per heavy atom. The molecule has 0 saturated heterocycles. The van der Waals surface area contributed by atoms with Gasteiger partial charge in [-0.05, 0) is 23.3 Å².